The zero-order chi connectivity index (χ0) is 20.6. The predicted octanol–water partition coefficient (Wildman–Crippen LogP) is 3.39. The molecule has 152 valence electrons. The molecule has 1 aromatic heterocycles. The summed E-state index contributed by atoms with van der Waals surface area (Å²) in [4.78, 5) is 8.43. The van der Waals surface area contributed by atoms with Gasteiger partial charge in [-0.2, -0.15) is 8.42 Å². The number of nitrogens with one attached hydrogen (secondary N) is 1. The summed E-state index contributed by atoms with van der Waals surface area (Å²) in [5, 5.41) is 3.54. The van der Waals surface area contributed by atoms with Gasteiger partial charge >= 0.3 is 0 Å². The third-order valence-corrected chi connectivity index (χ3v) is 5.27. The smallest absolute Gasteiger partial charge is 0.264 e. The van der Waals surface area contributed by atoms with Gasteiger partial charge in [0.1, 0.15) is 25.4 Å². The first-order valence-corrected chi connectivity index (χ1v) is 11.0. The lowest BCUT2D eigenvalue weighted by atomic mass is 10.2. The predicted molar refractivity (Wildman–Crippen MR) is 108 cm³/mol. The van der Waals surface area contributed by atoms with Gasteiger partial charge in [-0.3, -0.25) is 4.18 Å². The molecule has 0 radical (unpaired) electrons. The Bertz CT molecular complexity index is 1190. The van der Waals surface area contributed by atoms with Gasteiger partial charge in [0.25, 0.3) is 10.1 Å². The maximum absolute atomic E-state index is 14.3. The molecule has 1 aliphatic heterocycles. The van der Waals surface area contributed by atoms with Crippen molar-refractivity contribution in [3.05, 3.63) is 46.9 Å². The van der Waals surface area contributed by atoms with Gasteiger partial charge in [0, 0.05) is 11.5 Å². The van der Waals surface area contributed by atoms with Crippen molar-refractivity contribution in [3.63, 3.8) is 0 Å². The Hall–Kier alpha value is -2.50. The minimum absolute atomic E-state index is 0.132. The van der Waals surface area contributed by atoms with Crippen molar-refractivity contribution < 1.29 is 26.5 Å². The molecule has 0 fully saturated rings. The molecular weight excluding hydrogens is 469 g/mol. The molecule has 1 N–H and O–H groups in total. The summed E-state index contributed by atoms with van der Waals surface area (Å²) in [6.07, 6.45) is 1.73. The van der Waals surface area contributed by atoms with Crippen LogP contribution in [0.5, 0.6) is 11.5 Å². The van der Waals surface area contributed by atoms with Gasteiger partial charge in [0.2, 0.25) is 0 Å². The lowest BCUT2D eigenvalue weighted by molar-refractivity contribution is 0.0560. The van der Waals surface area contributed by atoms with Crippen LogP contribution in [0.15, 0.2) is 41.1 Å². The fourth-order valence-electron chi connectivity index (χ4n) is 2.77. The maximum Gasteiger partial charge on any atom is 0.264 e. The van der Waals surface area contributed by atoms with E-state index in [1.54, 1.807) is 30.3 Å². The minimum atomic E-state index is -3.59. The van der Waals surface area contributed by atoms with E-state index >= 15 is 0 Å². The van der Waals surface area contributed by atoms with Crippen LogP contribution in [0.2, 0.25) is 0 Å². The quantitative estimate of drug-likeness (QED) is 0.551. The Kier molecular flexibility index (Phi) is 5.28. The molecule has 0 aliphatic carbocycles. The molecule has 4 rings (SSSR count). The average Bonchev–Trinajstić information content (AvgIpc) is 2.68. The minimum Gasteiger partial charge on any atom is -0.486 e. The van der Waals surface area contributed by atoms with Crippen molar-refractivity contribution in [3.8, 4) is 11.5 Å². The van der Waals surface area contributed by atoms with E-state index in [2.05, 4.69) is 31.2 Å². The number of ether oxygens (including phenoxy) is 2. The van der Waals surface area contributed by atoms with Gasteiger partial charge in [-0.15, -0.1) is 0 Å². The zero-order valence-electron chi connectivity index (χ0n) is 15.1. The van der Waals surface area contributed by atoms with Crippen LogP contribution in [0.3, 0.4) is 0 Å². The normalized spacial score (nSPS) is 16.0. The number of hydrogen-bond donors (Lipinski definition) is 1. The highest BCUT2D eigenvalue weighted by molar-refractivity contribution is 9.10. The first-order chi connectivity index (χ1) is 13.8. The van der Waals surface area contributed by atoms with Crippen LogP contribution in [0.1, 0.15) is 0 Å². The Labute approximate surface area is 174 Å². The number of aromatic nitrogens is 2. The van der Waals surface area contributed by atoms with Gasteiger partial charge in [0.15, 0.2) is 23.4 Å². The first kappa shape index (κ1) is 19.8. The largest absolute Gasteiger partial charge is 0.486 e. The Morgan fingerprint density at radius 3 is 2.93 bits per heavy atom. The van der Waals surface area contributed by atoms with E-state index < -0.39 is 22.0 Å². The van der Waals surface area contributed by atoms with Crippen molar-refractivity contribution in [1.29, 1.82) is 0 Å². The molecule has 2 aromatic carbocycles. The molecule has 8 nitrogen and oxygen atoms in total. The molecule has 0 saturated carbocycles. The summed E-state index contributed by atoms with van der Waals surface area (Å²) < 4.78 is 53.3. The molecule has 0 bridgehead atoms. The summed E-state index contributed by atoms with van der Waals surface area (Å²) in [5.41, 5.74) is 0.819. The number of fused-ring (bicyclic) bond motifs is 2. The number of hydrogen-bond acceptors (Lipinski definition) is 8. The fraction of sp³-hybridized carbons (Fsp3) is 0.222. The van der Waals surface area contributed by atoms with Crippen LogP contribution >= 0.6 is 15.9 Å². The van der Waals surface area contributed by atoms with E-state index in [1.807, 2.05) is 0 Å². The van der Waals surface area contributed by atoms with Crippen LogP contribution < -0.4 is 14.8 Å². The lowest BCUT2D eigenvalue weighted by Crippen LogP contribution is -2.34. The molecule has 0 amide bonds. The number of rotatable bonds is 5. The third kappa shape index (κ3) is 4.41. The monoisotopic (exact) mass is 483 g/mol. The summed E-state index contributed by atoms with van der Waals surface area (Å²) in [6, 6.07) is 8.23. The first-order valence-electron chi connectivity index (χ1n) is 8.44. The second-order valence-electron chi connectivity index (χ2n) is 6.30. The van der Waals surface area contributed by atoms with Gasteiger partial charge < -0.3 is 14.8 Å². The summed E-state index contributed by atoms with van der Waals surface area (Å²) in [7, 11) is -3.59. The highest BCUT2D eigenvalue weighted by Gasteiger charge is 2.24. The van der Waals surface area contributed by atoms with Crippen LogP contribution in [-0.4, -0.2) is 44.0 Å². The molecule has 0 spiro atoms. The van der Waals surface area contributed by atoms with E-state index in [9.17, 15) is 12.8 Å². The number of nitrogens with zero attached hydrogens (tertiary/aromatic N) is 2. The second-order valence-corrected chi connectivity index (χ2v) is 8.80. The lowest BCUT2D eigenvalue weighted by Gasteiger charge is -2.26. The molecule has 2 heterocycles. The molecule has 29 heavy (non-hydrogen) atoms. The van der Waals surface area contributed by atoms with Gasteiger partial charge in [-0.1, -0.05) is 6.07 Å². The Balaban J connectivity index is 1.66. The Morgan fingerprint density at radius 1 is 1.31 bits per heavy atom. The standard InChI is InChI=1S/C18H15BrFN3O5S/c1-29(24,25)27-8-10-7-26-15-6-14-11(5-16(15)28-10)18(22-9-21-14)23-13-4-2-3-12(19)17(13)20/h2-6,9-10H,7-8H2,1H3,(H,21,22,23). The zero-order valence-corrected chi connectivity index (χ0v) is 17.5. The molecule has 1 aliphatic rings. The summed E-state index contributed by atoms with van der Waals surface area (Å²) >= 11 is 3.15. The van der Waals surface area contributed by atoms with E-state index in [1.165, 1.54) is 6.33 Å². The highest BCUT2D eigenvalue weighted by atomic mass is 79.9. The Morgan fingerprint density at radius 2 is 2.14 bits per heavy atom. The third-order valence-electron chi connectivity index (χ3n) is 4.09. The van der Waals surface area contributed by atoms with E-state index in [4.69, 9.17) is 13.7 Å². The summed E-state index contributed by atoms with van der Waals surface area (Å²) in [6.45, 7) is -0.0383. The second kappa shape index (κ2) is 7.73. The average molecular weight is 484 g/mol. The van der Waals surface area contributed by atoms with Crippen LogP contribution in [0, 0.1) is 5.82 Å². The van der Waals surface area contributed by atoms with E-state index in [-0.39, 0.29) is 18.9 Å². The van der Waals surface area contributed by atoms with Gasteiger partial charge in [-0.05, 0) is 34.1 Å². The van der Waals surface area contributed by atoms with Gasteiger partial charge in [-0.25, -0.2) is 14.4 Å². The molecule has 0 saturated heterocycles. The topological polar surface area (TPSA) is 99.6 Å². The van der Waals surface area contributed by atoms with Crippen LogP contribution in [-0.2, 0) is 14.3 Å². The van der Waals surface area contributed by atoms with Crippen LogP contribution in [0.25, 0.3) is 10.9 Å². The van der Waals surface area contributed by atoms with E-state index in [0.29, 0.717) is 32.7 Å². The van der Waals surface area contributed by atoms with E-state index in [0.717, 1.165) is 6.26 Å². The van der Waals surface area contributed by atoms with Crippen LogP contribution in [0.4, 0.5) is 15.9 Å². The van der Waals surface area contributed by atoms with Gasteiger partial charge in [0.05, 0.1) is 21.9 Å². The van der Waals surface area contributed by atoms with Crippen molar-refractivity contribution in [2.24, 2.45) is 0 Å². The molecule has 1 unspecified atom stereocenters. The molecule has 3 aromatic rings. The molecular formula is C18H15BrFN3O5S. The SMILES string of the molecule is CS(=O)(=O)OCC1COc2cc3ncnc(Nc4cccc(Br)c4F)c3cc2O1. The van der Waals surface area contributed by atoms with Crippen molar-refractivity contribution in [2.45, 2.75) is 6.10 Å². The summed E-state index contributed by atoms with van der Waals surface area (Å²) in [5.74, 6) is 0.785. The maximum atomic E-state index is 14.3. The van der Waals surface area contributed by atoms with Crippen molar-refractivity contribution in [1.82, 2.24) is 9.97 Å². The number of halogens is 2. The fourth-order valence-corrected chi connectivity index (χ4v) is 3.54. The highest BCUT2D eigenvalue weighted by Crippen LogP contribution is 2.38. The molecule has 1 atom stereocenters. The molecule has 11 heteroatoms. The van der Waals surface area contributed by atoms with Crippen molar-refractivity contribution >= 4 is 48.5 Å². The number of benzene rings is 2. The number of anilines is 2. The van der Waals surface area contributed by atoms with Crippen molar-refractivity contribution in [2.75, 3.05) is 24.8 Å².